The van der Waals surface area contributed by atoms with E-state index in [9.17, 15) is 0 Å². The molecule has 334 valence electrons. The molecule has 5 nitrogen and oxygen atoms in total. The fourth-order valence-electron chi connectivity index (χ4n) is 9.32. The number of rotatable bonds is 8. The molecule has 6 heteroatoms. The van der Waals surface area contributed by atoms with Crippen molar-refractivity contribution < 1.29 is 25.8 Å². The van der Waals surface area contributed by atoms with Gasteiger partial charge in [-0.3, -0.25) is 4.98 Å². The van der Waals surface area contributed by atoms with Crippen LogP contribution in [0.5, 0.6) is 11.5 Å². The Balaban J connectivity index is 0.00000539. The van der Waals surface area contributed by atoms with E-state index in [0.29, 0.717) is 11.5 Å². The molecule has 0 aliphatic heterocycles. The van der Waals surface area contributed by atoms with Crippen LogP contribution in [-0.4, -0.2) is 19.1 Å². The van der Waals surface area contributed by atoms with Crippen molar-refractivity contribution in [2.24, 2.45) is 0 Å². The van der Waals surface area contributed by atoms with Crippen molar-refractivity contribution in [2.45, 2.75) is 52.4 Å². The maximum atomic E-state index is 6.66. The van der Waals surface area contributed by atoms with Gasteiger partial charge in [-0.1, -0.05) is 157 Å². The average molecular weight is 1060 g/mol. The summed E-state index contributed by atoms with van der Waals surface area (Å²) in [5.41, 5.74) is 15.9. The van der Waals surface area contributed by atoms with Gasteiger partial charge in [-0.2, -0.15) is 0 Å². The Bertz CT molecular complexity index is 3630. The van der Waals surface area contributed by atoms with Gasteiger partial charge in [-0.15, -0.1) is 47.5 Å². The van der Waals surface area contributed by atoms with Crippen molar-refractivity contribution in [1.29, 1.82) is 0 Å². The van der Waals surface area contributed by atoms with Gasteiger partial charge < -0.3 is 18.9 Å². The monoisotopic (exact) mass is 1060 g/mol. The molecule has 0 radical (unpaired) electrons. The second-order valence-corrected chi connectivity index (χ2v) is 19.3. The Kier molecular flexibility index (Phi) is 11.6. The van der Waals surface area contributed by atoms with Crippen LogP contribution in [0, 0.1) is 12.1 Å². The van der Waals surface area contributed by atoms with E-state index >= 15 is 0 Å². The molecular formula is C62H50N4OPt. The van der Waals surface area contributed by atoms with Gasteiger partial charge in [0, 0.05) is 45.4 Å². The summed E-state index contributed by atoms with van der Waals surface area (Å²) in [4.78, 5) is 10.3. The van der Waals surface area contributed by atoms with Crippen LogP contribution in [0.1, 0.15) is 52.7 Å². The number of hydrogen-bond acceptors (Lipinski definition) is 3. The van der Waals surface area contributed by atoms with Crippen molar-refractivity contribution in [3.05, 3.63) is 218 Å². The first-order chi connectivity index (χ1) is 32.5. The van der Waals surface area contributed by atoms with Crippen LogP contribution in [0.4, 0.5) is 0 Å². The number of para-hydroxylation sites is 3. The average Bonchev–Trinajstić information content (AvgIpc) is 3.90. The van der Waals surface area contributed by atoms with E-state index in [2.05, 4.69) is 221 Å². The summed E-state index contributed by atoms with van der Waals surface area (Å²) in [5, 5.41) is 2.18. The molecule has 11 rings (SSSR count). The normalized spacial score (nSPS) is 11.9. The van der Waals surface area contributed by atoms with E-state index in [1.165, 1.54) is 22.3 Å². The SMILES string of the molecule is CC(C)(C)c1ccc(-n2c(-c3[c-]c(Oc4[c-]c(-c5nccc6c5c5ccccc5n6-c5ccc(C(C)(C)C)cc5-c5ccccc5)ccc4)ccc3)nc3ccccc32)c(-c2ccccc2)c1.[Pt+2]. The summed E-state index contributed by atoms with van der Waals surface area (Å²) in [6.45, 7) is 13.6. The van der Waals surface area contributed by atoms with E-state index < -0.39 is 0 Å². The first-order valence-electron chi connectivity index (χ1n) is 23.0. The molecule has 0 atom stereocenters. The zero-order valence-electron chi connectivity index (χ0n) is 39.0. The zero-order chi connectivity index (χ0) is 45.9. The Morgan fingerprint density at radius 3 is 1.62 bits per heavy atom. The Morgan fingerprint density at radius 2 is 1.00 bits per heavy atom. The van der Waals surface area contributed by atoms with Gasteiger partial charge in [-0.25, -0.2) is 0 Å². The number of ether oxygens (including phenoxy) is 1. The standard InChI is InChI=1S/C62H50N4O.Pt/c1-61(2,3)45-31-33-54(50(39-45)41-19-9-7-10-20-41)65-53-29-15-13-27-49(53)58-57(65)35-36-63-59(58)43-23-17-25-47(37-43)67-48-26-18-24-44(38-48)60-64-52-28-14-16-30-56(52)66(60)55-34-32-46(62(4,5)6)40-51(55)42-21-11-8-12-22-42;/h7-36,39-40H,1-6H3;/q-2;+2. The van der Waals surface area contributed by atoms with Crippen LogP contribution < -0.4 is 4.74 Å². The summed E-state index contributed by atoms with van der Waals surface area (Å²) >= 11 is 0. The second-order valence-electron chi connectivity index (χ2n) is 19.3. The van der Waals surface area contributed by atoms with Gasteiger partial charge in [0.2, 0.25) is 0 Å². The predicted molar refractivity (Wildman–Crippen MR) is 277 cm³/mol. The number of aromatic nitrogens is 4. The number of fused-ring (bicyclic) bond motifs is 4. The summed E-state index contributed by atoms with van der Waals surface area (Å²) in [6, 6.07) is 73.3. The molecule has 3 aromatic heterocycles. The largest absolute Gasteiger partial charge is 2.00 e. The molecule has 0 amide bonds. The van der Waals surface area contributed by atoms with Gasteiger partial charge in [0.05, 0.1) is 28.1 Å². The quantitative estimate of drug-likeness (QED) is 0.142. The maximum absolute atomic E-state index is 6.66. The second kappa shape index (κ2) is 17.7. The smallest absolute Gasteiger partial charge is 0.497 e. The molecule has 0 aliphatic carbocycles. The molecule has 0 saturated heterocycles. The van der Waals surface area contributed by atoms with Crippen molar-refractivity contribution in [3.8, 4) is 67.8 Å². The predicted octanol–water partition coefficient (Wildman–Crippen LogP) is 16.2. The van der Waals surface area contributed by atoms with Gasteiger partial charge in [-0.05, 0) is 92.7 Å². The summed E-state index contributed by atoms with van der Waals surface area (Å²) < 4.78 is 11.3. The van der Waals surface area contributed by atoms with Crippen molar-refractivity contribution in [1.82, 2.24) is 19.1 Å². The third-order valence-corrected chi connectivity index (χ3v) is 12.8. The number of pyridine rings is 1. The fraction of sp³-hybridized carbons (Fsp3) is 0.129. The van der Waals surface area contributed by atoms with Crippen LogP contribution >= 0.6 is 0 Å². The van der Waals surface area contributed by atoms with Crippen LogP contribution in [0.2, 0.25) is 0 Å². The van der Waals surface area contributed by atoms with Crippen molar-refractivity contribution in [3.63, 3.8) is 0 Å². The van der Waals surface area contributed by atoms with Crippen LogP contribution in [-0.2, 0) is 31.9 Å². The van der Waals surface area contributed by atoms with Crippen LogP contribution in [0.15, 0.2) is 194 Å². The molecule has 3 heterocycles. The topological polar surface area (TPSA) is 44.9 Å². The first kappa shape index (κ1) is 44.5. The Hall–Kier alpha value is -7.33. The van der Waals surface area contributed by atoms with Crippen LogP contribution in [0.25, 0.3) is 89.1 Å². The number of imidazole rings is 1. The third kappa shape index (κ3) is 8.16. The molecule has 0 bridgehead atoms. The minimum Gasteiger partial charge on any atom is -0.497 e. The minimum atomic E-state index is -0.0252. The van der Waals surface area contributed by atoms with E-state index in [-0.39, 0.29) is 31.9 Å². The Labute approximate surface area is 413 Å². The van der Waals surface area contributed by atoms with Crippen molar-refractivity contribution in [2.75, 3.05) is 0 Å². The number of benzene rings is 8. The Morgan fingerprint density at radius 1 is 0.471 bits per heavy atom. The molecular weight excluding hydrogens is 1010 g/mol. The fourth-order valence-corrected chi connectivity index (χ4v) is 9.32. The first-order valence-corrected chi connectivity index (χ1v) is 23.0. The van der Waals surface area contributed by atoms with Crippen molar-refractivity contribution >= 4 is 32.8 Å². The van der Waals surface area contributed by atoms with Gasteiger partial charge in [0.15, 0.2) is 0 Å². The molecule has 0 spiro atoms. The molecule has 0 saturated carbocycles. The summed E-state index contributed by atoms with van der Waals surface area (Å²) in [6.07, 6.45) is 1.91. The van der Waals surface area contributed by atoms with Gasteiger partial charge in [0.25, 0.3) is 0 Å². The third-order valence-electron chi connectivity index (χ3n) is 12.8. The molecule has 0 N–H and O–H groups in total. The molecule has 11 aromatic rings. The summed E-state index contributed by atoms with van der Waals surface area (Å²) in [5.74, 6) is 1.90. The molecule has 68 heavy (non-hydrogen) atoms. The zero-order valence-corrected chi connectivity index (χ0v) is 41.3. The molecule has 0 aliphatic rings. The van der Waals surface area contributed by atoms with E-state index in [1.54, 1.807) is 0 Å². The summed E-state index contributed by atoms with van der Waals surface area (Å²) in [7, 11) is 0. The number of nitrogens with zero attached hydrogens (tertiary/aromatic N) is 4. The van der Waals surface area contributed by atoms with E-state index in [0.717, 1.165) is 78.0 Å². The van der Waals surface area contributed by atoms with Crippen LogP contribution in [0.3, 0.4) is 0 Å². The molecule has 0 unspecified atom stereocenters. The van der Waals surface area contributed by atoms with E-state index in [1.807, 2.05) is 36.5 Å². The molecule has 8 aromatic carbocycles. The van der Waals surface area contributed by atoms with Gasteiger partial charge in [0.1, 0.15) is 0 Å². The maximum Gasteiger partial charge on any atom is 2.00 e. The van der Waals surface area contributed by atoms with Gasteiger partial charge >= 0.3 is 21.1 Å². The molecule has 0 fully saturated rings. The number of hydrogen-bond donors (Lipinski definition) is 0. The van der Waals surface area contributed by atoms with E-state index in [4.69, 9.17) is 14.7 Å². The minimum absolute atomic E-state index is 0.